The van der Waals surface area contributed by atoms with Crippen molar-refractivity contribution in [1.29, 1.82) is 0 Å². The molecule has 0 aromatic heterocycles. The van der Waals surface area contributed by atoms with E-state index in [0.717, 1.165) is 31.2 Å². The first kappa shape index (κ1) is 14.8. The summed E-state index contributed by atoms with van der Waals surface area (Å²) < 4.78 is 5.06. The molecule has 5 heteroatoms. The van der Waals surface area contributed by atoms with Crippen molar-refractivity contribution in [2.75, 3.05) is 7.11 Å². The lowest BCUT2D eigenvalue weighted by atomic mass is 10.0. The fourth-order valence-corrected chi connectivity index (χ4v) is 2.12. The van der Waals surface area contributed by atoms with E-state index in [2.05, 4.69) is 6.92 Å². The van der Waals surface area contributed by atoms with E-state index < -0.39 is 4.92 Å². The molecule has 0 heterocycles. The molecule has 0 saturated carbocycles. The van der Waals surface area contributed by atoms with E-state index in [1.807, 2.05) is 6.07 Å². The quantitative estimate of drug-likeness (QED) is 0.429. The Balaban J connectivity index is 2.75. The van der Waals surface area contributed by atoms with Crippen LogP contribution in [0.4, 0.5) is 5.69 Å². The topological polar surface area (TPSA) is 52.4 Å². The second kappa shape index (κ2) is 7.21. The van der Waals surface area contributed by atoms with Crippen LogP contribution in [-0.2, 0) is 6.42 Å². The van der Waals surface area contributed by atoms with E-state index in [1.165, 1.54) is 13.2 Å². The summed E-state index contributed by atoms with van der Waals surface area (Å²) in [4.78, 5) is 10.4. The maximum atomic E-state index is 10.8. The van der Waals surface area contributed by atoms with Gasteiger partial charge in [-0.1, -0.05) is 13.3 Å². The predicted molar refractivity (Wildman–Crippen MR) is 72.5 cm³/mol. The Morgan fingerprint density at radius 2 is 2.11 bits per heavy atom. The standard InChI is InChI=1S/C13H18ClNO3/c1-3-4-11(14)6-5-10-7-12(15(16)17)9-13(8-10)18-2/h7-9,11H,3-6H2,1-2H3. The molecule has 0 aliphatic rings. The molecular weight excluding hydrogens is 254 g/mol. The van der Waals surface area contributed by atoms with Crippen molar-refractivity contribution in [1.82, 2.24) is 0 Å². The van der Waals surface area contributed by atoms with Crippen molar-refractivity contribution in [3.05, 3.63) is 33.9 Å². The Morgan fingerprint density at radius 1 is 1.39 bits per heavy atom. The number of nitrogens with zero attached hydrogens (tertiary/aromatic N) is 1. The smallest absolute Gasteiger partial charge is 0.273 e. The van der Waals surface area contributed by atoms with Crippen molar-refractivity contribution in [3.63, 3.8) is 0 Å². The third-order valence-electron chi connectivity index (χ3n) is 2.75. The lowest BCUT2D eigenvalue weighted by Gasteiger charge is -2.09. The van der Waals surface area contributed by atoms with E-state index in [9.17, 15) is 10.1 Å². The molecule has 0 fully saturated rings. The molecule has 0 N–H and O–H groups in total. The van der Waals surface area contributed by atoms with Gasteiger partial charge in [0.1, 0.15) is 5.75 Å². The van der Waals surface area contributed by atoms with Gasteiger partial charge in [0.2, 0.25) is 0 Å². The zero-order valence-electron chi connectivity index (χ0n) is 10.7. The molecule has 0 amide bonds. The second-order valence-corrected chi connectivity index (χ2v) is 4.84. The number of nitro groups is 1. The van der Waals surface area contributed by atoms with Gasteiger partial charge < -0.3 is 4.74 Å². The molecule has 1 aromatic rings. The molecule has 4 nitrogen and oxygen atoms in total. The number of benzene rings is 1. The molecule has 100 valence electrons. The van der Waals surface area contributed by atoms with Crippen molar-refractivity contribution >= 4 is 17.3 Å². The van der Waals surface area contributed by atoms with Crippen LogP contribution in [0.2, 0.25) is 0 Å². The highest BCUT2D eigenvalue weighted by Gasteiger charge is 2.11. The first-order valence-electron chi connectivity index (χ1n) is 6.03. The van der Waals surface area contributed by atoms with Gasteiger partial charge in [0.05, 0.1) is 18.1 Å². The van der Waals surface area contributed by atoms with Crippen LogP contribution in [0.15, 0.2) is 18.2 Å². The lowest BCUT2D eigenvalue weighted by molar-refractivity contribution is -0.385. The Kier molecular flexibility index (Phi) is 5.92. The van der Waals surface area contributed by atoms with Gasteiger partial charge in [-0.15, -0.1) is 11.6 Å². The van der Waals surface area contributed by atoms with Crippen LogP contribution in [0.1, 0.15) is 31.7 Å². The van der Waals surface area contributed by atoms with Crippen LogP contribution in [0.25, 0.3) is 0 Å². The maximum absolute atomic E-state index is 10.8. The summed E-state index contributed by atoms with van der Waals surface area (Å²) in [6.45, 7) is 2.09. The van der Waals surface area contributed by atoms with Crippen molar-refractivity contribution in [3.8, 4) is 5.75 Å². The van der Waals surface area contributed by atoms with Crippen LogP contribution < -0.4 is 4.74 Å². The number of non-ortho nitro benzene ring substituents is 1. The van der Waals surface area contributed by atoms with Gasteiger partial charge in [-0.3, -0.25) is 10.1 Å². The fourth-order valence-electron chi connectivity index (χ4n) is 1.79. The molecule has 0 aliphatic heterocycles. The van der Waals surface area contributed by atoms with E-state index in [-0.39, 0.29) is 11.1 Å². The van der Waals surface area contributed by atoms with Gasteiger partial charge in [0, 0.05) is 11.4 Å². The Hall–Kier alpha value is -1.29. The van der Waals surface area contributed by atoms with Crippen LogP contribution in [-0.4, -0.2) is 17.4 Å². The molecule has 1 aromatic carbocycles. The van der Waals surface area contributed by atoms with Crippen LogP contribution in [0.3, 0.4) is 0 Å². The average Bonchev–Trinajstić information content (AvgIpc) is 2.36. The molecule has 1 unspecified atom stereocenters. The van der Waals surface area contributed by atoms with Gasteiger partial charge >= 0.3 is 0 Å². The monoisotopic (exact) mass is 271 g/mol. The van der Waals surface area contributed by atoms with E-state index in [1.54, 1.807) is 6.07 Å². The van der Waals surface area contributed by atoms with Gasteiger partial charge in [-0.2, -0.15) is 0 Å². The fraction of sp³-hybridized carbons (Fsp3) is 0.538. The summed E-state index contributed by atoms with van der Waals surface area (Å²) in [5.41, 5.74) is 0.953. The molecule has 0 radical (unpaired) electrons. The highest BCUT2D eigenvalue weighted by molar-refractivity contribution is 6.20. The van der Waals surface area contributed by atoms with Gasteiger partial charge in [-0.25, -0.2) is 0 Å². The van der Waals surface area contributed by atoms with Crippen LogP contribution in [0, 0.1) is 10.1 Å². The third-order valence-corrected chi connectivity index (χ3v) is 3.18. The number of rotatable bonds is 7. The number of hydrogen-bond donors (Lipinski definition) is 0. The summed E-state index contributed by atoms with van der Waals surface area (Å²) in [5.74, 6) is 0.515. The number of halogens is 1. The molecule has 1 rings (SSSR count). The first-order chi connectivity index (χ1) is 8.56. The Morgan fingerprint density at radius 3 is 2.67 bits per heavy atom. The van der Waals surface area contributed by atoms with Crippen molar-refractivity contribution in [2.24, 2.45) is 0 Å². The van der Waals surface area contributed by atoms with E-state index in [0.29, 0.717) is 5.75 Å². The Labute approximate surface area is 112 Å². The van der Waals surface area contributed by atoms with E-state index in [4.69, 9.17) is 16.3 Å². The van der Waals surface area contributed by atoms with E-state index >= 15 is 0 Å². The third kappa shape index (κ3) is 4.53. The van der Waals surface area contributed by atoms with Gasteiger partial charge in [0.15, 0.2) is 0 Å². The molecular formula is C13H18ClNO3. The summed E-state index contributed by atoms with van der Waals surface area (Å²) in [6.07, 6.45) is 3.56. The predicted octanol–water partition coefficient (Wildman–Crippen LogP) is 3.94. The minimum Gasteiger partial charge on any atom is -0.496 e. The molecule has 0 spiro atoms. The van der Waals surface area contributed by atoms with Gasteiger partial charge in [0.25, 0.3) is 5.69 Å². The highest BCUT2D eigenvalue weighted by Crippen LogP contribution is 2.24. The SMILES string of the molecule is CCCC(Cl)CCc1cc(OC)cc([N+](=O)[O-])c1. The molecule has 18 heavy (non-hydrogen) atoms. The number of hydrogen-bond acceptors (Lipinski definition) is 3. The number of ether oxygens (including phenoxy) is 1. The summed E-state index contributed by atoms with van der Waals surface area (Å²) >= 11 is 6.14. The molecule has 1 atom stereocenters. The van der Waals surface area contributed by atoms with Crippen molar-refractivity contribution < 1.29 is 9.66 Å². The zero-order chi connectivity index (χ0) is 13.5. The Bertz CT molecular complexity index is 409. The number of nitro benzene ring substituents is 1. The van der Waals surface area contributed by atoms with Crippen LogP contribution in [0.5, 0.6) is 5.75 Å². The van der Waals surface area contributed by atoms with Gasteiger partial charge in [-0.05, 0) is 30.9 Å². The number of methoxy groups -OCH3 is 1. The summed E-state index contributed by atoms with van der Waals surface area (Å²) in [5, 5.41) is 10.9. The largest absolute Gasteiger partial charge is 0.496 e. The maximum Gasteiger partial charge on any atom is 0.273 e. The minimum absolute atomic E-state index is 0.0611. The van der Waals surface area contributed by atoms with Crippen molar-refractivity contribution in [2.45, 2.75) is 38.0 Å². The summed E-state index contributed by atoms with van der Waals surface area (Å²) in [7, 11) is 1.50. The number of aryl methyl sites for hydroxylation is 1. The summed E-state index contributed by atoms with van der Waals surface area (Å²) in [6, 6.07) is 4.83. The lowest BCUT2D eigenvalue weighted by Crippen LogP contribution is -2.01. The van der Waals surface area contributed by atoms with Crippen LogP contribution >= 0.6 is 11.6 Å². The zero-order valence-corrected chi connectivity index (χ0v) is 11.4. The highest BCUT2D eigenvalue weighted by atomic mass is 35.5. The minimum atomic E-state index is -0.407. The number of alkyl halides is 1. The molecule has 0 aliphatic carbocycles. The normalized spacial score (nSPS) is 12.2. The molecule has 0 saturated heterocycles. The second-order valence-electron chi connectivity index (χ2n) is 4.22. The molecule has 0 bridgehead atoms. The first-order valence-corrected chi connectivity index (χ1v) is 6.46. The average molecular weight is 272 g/mol.